The lowest BCUT2D eigenvalue weighted by molar-refractivity contribution is -0.154. The molecule has 1 atom stereocenters. The number of carbonyl (C=O) groups is 3. The number of hydrogen-bond donors (Lipinski definition) is 2. The van der Waals surface area contributed by atoms with Crippen molar-refractivity contribution in [1.82, 2.24) is 25.1 Å². The van der Waals surface area contributed by atoms with Crippen LogP contribution in [0.4, 0.5) is 18.9 Å². The maximum atomic E-state index is 13.4. The molecule has 0 saturated carbocycles. The number of benzene rings is 1. The van der Waals surface area contributed by atoms with E-state index in [0.29, 0.717) is 16.3 Å². The van der Waals surface area contributed by atoms with Crippen molar-refractivity contribution in [3.63, 3.8) is 0 Å². The third kappa shape index (κ3) is 5.38. The van der Waals surface area contributed by atoms with Crippen molar-refractivity contribution in [2.75, 3.05) is 19.0 Å². The number of rotatable bonds is 5. The maximum absolute atomic E-state index is 13.4. The van der Waals surface area contributed by atoms with Gasteiger partial charge in [-0.1, -0.05) is 23.2 Å². The van der Waals surface area contributed by atoms with E-state index in [1.165, 1.54) is 44.4 Å². The number of halogens is 5. The van der Waals surface area contributed by atoms with Gasteiger partial charge in [-0.15, -0.1) is 0 Å². The number of nitrogens with zero attached hydrogens (tertiary/aromatic N) is 4. The predicted octanol–water partition coefficient (Wildman–Crippen LogP) is 3.66. The largest absolute Gasteiger partial charge is 0.435 e. The summed E-state index contributed by atoms with van der Waals surface area (Å²) in [6, 6.07) is 5.08. The van der Waals surface area contributed by atoms with E-state index >= 15 is 0 Å². The van der Waals surface area contributed by atoms with Crippen molar-refractivity contribution in [2.45, 2.75) is 19.1 Å². The van der Waals surface area contributed by atoms with E-state index in [4.69, 9.17) is 28.0 Å². The van der Waals surface area contributed by atoms with Crippen LogP contribution in [0.25, 0.3) is 5.82 Å². The highest BCUT2D eigenvalue weighted by molar-refractivity contribution is 6.32. The van der Waals surface area contributed by atoms with Crippen LogP contribution >= 0.6 is 23.2 Å². The van der Waals surface area contributed by atoms with Gasteiger partial charge in [-0.3, -0.25) is 19.2 Å². The minimum atomic E-state index is -4.87. The number of anilines is 1. The maximum Gasteiger partial charge on any atom is 0.435 e. The Morgan fingerprint density at radius 2 is 1.92 bits per heavy atom. The fourth-order valence-electron chi connectivity index (χ4n) is 3.52. The molecule has 0 spiro atoms. The summed E-state index contributed by atoms with van der Waals surface area (Å²) in [7, 11) is 1.38. The molecule has 2 aromatic heterocycles. The van der Waals surface area contributed by atoms with Crippen LogP contribution in [0.5, 0.6) is 0 Å². The van der Waals surface area contributed by atoms with E-state index in [0.717, 1.165) is 5.06 Å². The molecule has 37 heavy (non-hydrogen) atoms. The summed E-state index contributed by atoms with van der Waals surface area (Å²) < 4.78 is 41.0. The Labute approximate surface area is 217 Å². The van der Waals surface area contributed by atoms with Gasteiger partial charge in [0.2, 0.25) is 0 Å². The molecular formula is C22H17Cl2F3N6O4. The first kappa shape index (κ1) is 26.4. The zero-order chi connectivity index (χ0) is 27.1. The van der Waals surface area contributed by atoms with E-state index < -0.39 is 41.3 Å². The zero-order valence-corrected chi connectivity index (χ0v) is 20.6. The Hall–Kier alpha value is -3.68. The Balaban J connectivity index is 1.72. The lowest BCUT2D eigenvalue weighted by Crippen LogP contribution is -2.42. The van der Waals surface area contributed by atoms with Crippen LogP contribution in [0.3, 0.4) is 0 Å². The molecule has 1 saturated heterocycles. The van der Waals surface area contributed by atoms with Gasteiger partial charge in [0.25, 0.3) is 17.7 Å². The van der Waals surface area contributed by atoms with Gasteiger partial charge in [-0.2, -0.15) is 18.3 Å². The van der Waals surface area contributed by atoms with E-state index in [9.17, 15) is 27.6 Å². The van der Waals surface area contributed by atoms with Gasteiger partial charge in [0, 0.05) is 24.3 Å². The zero-order valence-electron chi connectivity index (χ0n) is 19.1. The first-order chi connectivity index (χ1) is 17.4. The molecule has 1 fully saturated rings. The van der Waals surface area contributed by atoms with Gasteiger partial charge in [0.05, 0.1) is 16.3 Å². The number of carbonyl (C=O) groups excluding carboxylic acids is 3. The van der Waals surface area contributed by atoms with E-state index in [1.807, 2.05) is 0 Å². The second-order valence-electron chi connectivity index (χ2n) is 7.89. The third-order valence-corrected chi connectivity index (χ3v) is 5.82. The van der Waals surface area contributed by atoms with Crippen molar-refractivity contribution in [3.8, 4) is 5.82 Å². The van der Waals surface area contributed by atoms with Gasteiger partial charge in [0.15, 0.2) is 11.5 Å². The van der Waals surface area contributed by atoms with Gasteiger partial charge in [-0.05, 0) is 36.8 Å². The average Bonchev–Trinajstić information content (AvgIpc) is 3.40. The molecule has 15 heteroatoms. The molecule has 1 aromatic carbocycles. The highest BCUT2D eigenvalue weighted by Crippen LogP contribution is 2.32. The molecule has 3 aromatic rings. The average molecular weight is 557 g/mol. The van der Waals surface area contributed by atoms with Crippen LogP contribution in [0.1, 0.15) is 32.1 Å². The lowest BCUT2D eigenvalue weighted by Gasteiger charge is -2.16. The van der Waals surface area contributed by atoms with Gasteiger partial charge >= 0.3 is 6.18 Å². The number of hydrogen-bond acceptors (Lipinski definition) is 6. The number of aryl methyl sites for hydroxylation is 1. The van der Waals surface area contributed by atoms with Crippen LogP contribution < -0.4 is 10.6 Å². The second-order valence-corrected chi connectivity index (χ2v) is 8.73. The molecule has 3 heterocycles. The summed E-state index contributed by atoms with van der Waals surface area (Å²) in [6.45, 7) is 1.43. The monoisotopic (exact) mass is 556 g/mol. The minimum Gasteiger partial charge on any atom is -0.338 e. The van der Waals surface area contributed by atoms with E-state index in [2.05, 4.69) is 20.7 Å². The van der Waals surface area contributed by atoms with Crippen LogP contribution in [0.15, 0.2) is 36.5 Å². The Kier molecular flexibility index (Phi) is 7.13. The lowest BCUT2D eigenvalue weighted by atomic mass is 10.1. The first-order valence-electron chi connectivity index (χ1n) is 10.5. The van der Waals surface area contributed by atoms with E-state index in [1.54, 1.807) is 0 Å². The summed E-state index contributed by atoms with van der Waals surface area (Å²) >= 11 is 12.2. The molecule has 2 N–H and O–H groups in total. The van der Waals surface area contributed by atoms with E-state index in [-0.39, 0.29) is 33.7 Å². The molecule has 1 aliphatic heterocycles. The van der Waals surface area contributed by atoms with Gasteiger partial charge < -0.3 is 10.6 Å². The van der Waals surface area contributed by atoms with Crippen LogP contribution in [0, 0.1) is 6.92 Å². The molecule has 194 valence electrons. The highest BCUT2D eigenvalue weighted by atomic mass is 35.5. The number of pyridine rings is 1. The fraction of sp³-hybridized carbons (Fsp3) is 0.227. The summed E-state index contributed by atoms with van der Waals surface area (Å²) in [6.07, 6.45) is -3.60. The van der Waals surface area contributed by atoms with Crippen molar-refractivity contribution in [2.24, 2.45) is 0 Å². The van der Waals surface area contributed by atoms with Crippen molar-refractivity contribution < 1.29 is 32.4 Å². The van der Waals surface area contributed by atoms with Crippen LogP contribution in [0.2, 0.25) is 10.0 Å². The standard InChI is InChI=1S/C22H17Cl2F3N6O4/c1-10-6-11(23)7-12(19(34)29-14-9-37-32(2)21(14)36)17(10)30-20(35)15-8-16(22(25,26)27)31-33(15)18-13(24)4-3-5-28-18/h3-8,14H,9H2,1-2H3,(H,29,34)(H,30,35). The molecule has 1 unspecified atom stereocenters. The molecule has 3 amide bonds. The smallest absolute Gasteiger partial charge is 0.338 e. The predicted molar refractivity (Wildman–Crippen MR) is 125 cm³/mol. The number of alkyl halides is 3. The molecule has 0 bridgehead atoms. The van der Waals surface area contributed by atoms with Gasteiger partial charge in [0.1, 0.15) is 18.3 Å². The molecule has 10 nitrogen and oxygen atoms in total. The summed E-state index contributed by atoms with van der Waals surface area (Å²) in [5, 5.41) is 9.50. The quantitative estimate of drug-likeness (QED) is 0.495. The topological polar surface area (TPSA) is 118 Å². The van der Waals surface area contributed by atoms with Crippen LogP contribution in [-0.2, 0) is 15.8 Å². The second kappa shape index (κ2) is 10.00. The molecule has 1 aliphatic rings. The first-order valence-corrected chi connectivity index (χ1v) is 11.2. The van der Waals surface area contributed by atoms with Crippen molar-refractivity contribution >= 4 is 46.6 Å². The summed E-state index contributed by atoms with van der Waals surface area (Å²) in [5.41, 5.74) is -1.74. The molecule has 0 radical (unpaired) electrons. The normalized spacial score (nSPS) is 15.7. The van der Waals surface area contributed by atoms with Crippen LogP contribution in [-0.4, -0.2) is 57.2 Å². The van der Waals surface area contributed by atoms with Gasteiger partial charge in [-0.25, -0.2) is 14.7 Å². The Bertz CT molecular complexity index is 1410. The summed E-state index contributed by atoms with van der Waals surface area (Å²) in [5.74, 6) is -2.51. The Morgan fingerprint density at radius 1 is 1.19 bits per heavy atom. The highest BCUT2D eigenvalue weighted by Gasteiger charge is 2.37. The number of likely N-dealkylation sites (N-methyl/N-ethyl adjacent to an activating group) is 1. The molecular weight excluding hydrogens is 540 g/mol. The SMILES string of the molecule is Cc1cc(Cl)cc(C(=O)NC2CON(C)C2=O)c1NC(=O)c1cc(C(F)(F)F)nn1-c1ncccc1Cl. The minimum absolute atomic E-state index is 0.0416. The Morgan fingerprint density at radius 3 is 2.54 bits per heavy atom. The third-order valence-electron chi connectivity index (χ3n) is 5.30. The molecule has 0 aliphatic carbocycles. The summed E-state index contributed by atoms with van der Waals surface area (Å²) in [4.78, 5) is 47.4. The molecule has 4 rings (SSSR count). The number of aromatic nitrogens is 3. The number of nitrogens with one attached hydrogen (secondary N) is 2. The number of hydroxylamine groups is 2. The fourth-order valence-corrected chi connectivity index (χ4v) is 4.00. The van der Waals surface area contributed by atoms with Crippen molar-refractivity contribution in [3.05, 3.63) is 69.1 Å². The number of amides is 3. The van der Waals surface area contributed by atoms with Crippen molar-refractivity contribution in [1.29, 1.82) is 0 Å².